The third kappa shape index (κ3) is 3.09. The smallest absolute Gasteiger partial charge is 0.194 e. The maximum absolute atomic E-state index is 9.26. The van der Waals surface area contributed by atoms with Gasteiger partial charge in [0, 0.05) is 17.6 Å². The van der Waals surface area contributed by atoms with Gasteiger partial charge in [-0.3, -0.25) is 4.40 Å². The third-order valence-electron chi connectivity index (χ3n) is 3.56. The Morgan fingerprint density at radius 2 is 2.00 bits per heavy atom. The van der Waals surface area contributed by atoms with Crippen molar-refractivity contribution in [3.05, 3.63) is 52.3 Å². The van der Waals surface area contributed by atoms with Gasteiger partial charge in [0.25, 0.3) is 0 Å². The van der Waals surface area contributed by atoms with Gasteiger partial charge in [-0.25, -0.2) is 4.98 Å². The molecule has 3 rings (SSSR count). The number of phenolic OH excluding ortho intramolecular Hbond substituents is 1. The number of thiazole rings is 1. The van der Waals surface area contributed by atoms with Crippen molar-refractivity contribution < 1.29 is 5.11 Å². The van der Waals surface area contributed by atoms with Gasteiger partial charge in [0.2, 0.25) is 0 Å². The Morgan fingerprint density at radius 1 is 1.24 bits per heavy atom. The molecule has 2 N–H and O–H groups in total. The van der Waals surface area contributed by atoms with Crippen molar-refractivity contribution in [1.29, 1.82) is 0 Å². The lowest BCUT2D eigenvalue weighted by Gasteiger charge is -2.05. The van der Waals surface area contributed by atoms with Gasteiger partial charge < -0.3 is 10.4 Å². The van der Waals surface area contributed by atoms with E-state index in [1.165, 1.54) is 16.1 Å². The molecule has 110 valence electrons. The summed E-state index contributed by atoms with van der Waals surface area (Å²) in [5.74, 6) is 0.316. The number of hydrogen-bond acceptors (Lipinski definition) is 4. The standard InChI is InChI=1S/C16H19N3OS/c1-11-10-19-15(12(2)18-16(19)21-11)9-17-8-7-13-3-5-14(20)6-4-13/h3-6,10,17,20H,7-9H2,1-2H3. The van der Waals surface area contributed by atoms with Crippen LogP contribution in [0.15, 0.2) is 30.5 Å². The first-order valence-corrected chi connectivity index (χ1v) is 7.88. The van der Waals surface area contributed by atoms with Crippen LogP contribution in [-0.2, 0) is 13.0 Å². The molecule has 0 radical (unpaired) electrons. The number of benzene rings is 1. The SMILES string of the molecule is Cc1cn2c(CNCCc3ccc(O)cc3)c(C)nc2s1. The lowest BCUT2D eigenvalue weighted by atomic mass is 10.1. The monoisotopic (exact) mass is 301 g/mol. The summed E-state index contributed by atoms with van der Waals surface area (Å²) in [7, 11) is 0. The molecule has 0 saturated carbocycles. The molecule has 1 aromatic carbocycles. The van der Waals surface area contributed by atoms with Gasteiger partial charge in [0.1, 0.15) is 5.75 Å². The Labute approximate surface area is 128 Å². The van der Waals surface area contributed by atoms with Crippen LogP contribution in [0.4, 0.5) is 0 Å². The molecule has 0 atom stereocenters. The van der Waals surface area contributed by atoms with Crippen LogP contribution in [0, 0.1) is 13.8 Å². The summed E-state index contributed by atoms with van der Waals surface area (Å²) in [6, 6.07) is 7.38. The van der Waals surface area contributed by atoms with Gasteiger partial charge in [-0.2, -0.15) is 0 Å². The van der Waals surface area contributed by atoms with Crippen molar-refractivity contribution in [2.75, 3.05) is 6.54 Å². The summed E-state index contributed by atoms with van der Waals surface area (Å²) in [6.45, 7) is 5.89. The van der Waals surface area contributed by atoms with Crippen LogP contribution in [-0.4, -0.2) is 21.0 Å². The number of fused-ring (bicyclic) bond motifs is 1. The van der Waals surface area contributed by atoms with Crippen LogP contribution in [0.5, 0.6) is 5.75 Å². The number of nitrogens with one attached hydrogen (secondary N) is 1. The fraction of sp³-hybridized carbons (Fsp3) is 0.312. The summed E-state index contributed by atoms with van der Waals surface area (Å²) in [5, 5.41) is 12.7. The molecule has 0 aliphatic carbocycles. The zero-order chi connectivity index (χ0) is 14.8. The van der Waals surface area contributed by atoms with E-state index in [1.807, 2.05) is 12.1 Å². The molecule has 0 fully saturated rings. The predicted molar refractivity (Wildman–Crippen MR) is 86.1 cm³/mol. The lowest BCUT2D eigenvalue weighted by Crippen LogP contribution is -2.18. The second-order valence-corrected chi connectivity index (χ2v) is 6.44. The Hall–Kier alpha value is -1.85. The van der Waals surface area contributed by atoms with E-state index < -0.39 is 0 Å². The topological polar surface area (TPSA) is 49.6 Å². The predicted octanol–water partition coefficient (Wildman–Crippen LogP) is 3.05. The number of imidazole rings is 1. The number of aromatic nitrogens is 2. The van der Waals surface area contributed by atoms with E-state index in [0.717, 1.165) is 30.2 Å². The van der Waals surface area contributed by atoms with E-state index in [-0.39, 0.29) is 0 Å². The van der Waals surface area contributed by atoms with Crippen molar-refractivity contribution in [2.24, 2.45) is 0 Å². The third-order valence-corrected chi connectivity index (χ3v) is 4.46. The number of aryl methyl sites for hydroxylation is 2. The second-order valence-electron chi connectivity index (χ2n) is 5.23. The normalized spacial score (nSPS) is 11.3. The molecular formula is C16H19N3OS. The first-order chi connectivity index (χ1) is 10.1. The van der Waals surface area contributed by atoms with Gasteiger partial charge in [0.15, 0.2) is 4.96 Å². The number of rotatable bonds is 5. The summed E-state index contributed by atoms with van der Waals surface area (Å²) >= 11 is 1.72. The minimum absolute atomic E-state index is 0.316. The molecule has 2 heterocycles. The molecule has 0 amide bonds. The summed E-state index contributed by atoms with van der Waals surface area (Å²) in [5.41, 5.74) is 3.56. The van der Waals surface area contributed by atoms with Gasteiger partial charge in [0.05, 0.1) is 11.4 Å². The highest BCUT2D eigenvalue weighted by atomic mass is 32.1. The van der Waals surface area contributed by atoms with Gasteiger partial charge in [-0.15, -0.1) is 11.3 Å². The van der Waals surface area contributed by atoms with Crippen molar-refractivity contribution in [3.63, 3.8) is 0 Å². The van der Waals surface area contributed by atoms with Crippen molar-refractivity contribution in [3.8, 4) is 5.75 Å². The average Bonchev–Trinajstić information content (AvgIpc) is 2.93. The molecule has 0 bridgehead atoms. The quantitative estimate of drug-likeness (QED) is 0.712. The highest BCUT2D eigenvalue weighted by molar-refractivity contribution is 7.17. The van der Waals surface area contributed by atoms with E-state index in [9.17, 15) is 5.11 Å². The van der Waals surface area contributed by atoms with Gasteiger partial charge in [-0.1, -0.05) is 12.1 Å². The number of aromatic hydroxyl groups is 1. The van der Waals surface area contributed by atoms with Crippen molar-refractivity contribution in [1.82, 2.24) is 14.7 Å². The second kappa shape index (κ2) is 5.87. The first-order valence-electron chi connectivity index (χ1n) is 7.06. The van der Waals surface area contributed by atoms with Gasteiger partial charge >= 0.3 is 0 Å². The Balaban J connectivity index is 1.59. The fourth-order valence-electron chi connectivity index (χ4n) is 2.42. The molecule has 5 heteroatoms. The minimum Gasteiger partial charge on any atom is -0.508 e. The van der Waals surface area contributed by atoms with Crippen LogP contribution in [0.25, 0.3) is 4.96 Å². The molecule has 0 saturated heterocycles. The fourth-order valence-corrected chi connectivity index (χ4v) is 3.31. The molecule has 0 aliphatic rings. The van der Waals surface area contributed by atoms with Gasteiger partial charge in [-0.05, 0) is 44.5 Å². The Kier molecular flexibility index (Phi) is 3.94. The highest BCUT2D eigenvalue weighted by Gasteiger charge is 2.10. The van der Waals surface area contributed by atoms with Crippen molar-refractivity contribution in [2.45, 2.75) is 26.8 Å². The van der Waals surface area contributed by atoms with E-state index in [2.05, 4.69) is 34.7 Å². The van der Waals surface area contributed by atoms with Crippen LogP contribution >= 0.6 is 11.3 Å². The molecule has 0 unspecified atom stereocenters. The summed E-state index contributed by atoms with van der Waals surface area (Å²) in [4.78, 5) is 6.94. The largest absolute Gasteiger partial charge is 0.508 e. The maximum Gasteiger partial charge on any atom is 0.194 e. The number of phenols is 1. The molecule has 0 aliphatic heterocycles. The minimum atomic E-state index is 0.316. The van der Waals surface area contributed by atoms with Crippen LogP contribution in [0.1, 0.15) is 21.8 Å². The van der Waals surface area contributed by atoms with Crippen molar-refractivity contribution >= 4 is 16.3 Å². The lowest BCUT2D eigenvalue weighted by molar-refractivity contribution is 0.475. The molecule has 21 heavy (non-hydrogen) atoms. The summed E-state index contributed by atoms with van der Waals surface area (Å²) in [6.07, 6.45) is 3.10. The zero-order valence-corrected chi connectivity index (χ0v) is 13.1. The van der Waals surface area contributed by atoms with E-state index >= 15 is 0 Å². The van der Waals surface area contributed by atoms with Crippen LogP contribution in [0.3, 0.4) is 0 Å². The molecule has 3 aromatic rings. The first kappa shape index (κ1) is 14.1. The number of nitrogens with zero attached hydrogens (tertiary/aromatic N) is 2. The highest BCUT2D eigenvalue weighted by Crippen LogP contribution is 2.20. The zero-order valence-electron chi connectivity index (χ0n) is 12.3. The van der Waals surface area contributed by atoms with Crippen LogP contribution in [0.2, 0.25) is 0 Å². The Bertz CT molecular complexity index is 743. The van der Waals surface area contributed by atoms with Crippen LogP contribution < -0.4 is 5.32 Å². The number of hydrogen-bond donors (Lipinski definition) is 2. The van der Waals surface area contributed by atoms with E-state index in [1.54, 1.807) is 23.5 Å². The van der Waals surface area contributed by atoms with E-state index in [4.69, 9.17) is 0 Å². The molecule has 4 nitrogen and oxygen atoms in total. The average molecular weight is 301 g/mol. The Morgan fingerprint density at radius 3 is 2.76 bits per heavy atom. The molecule has 2 aromatic heterocycles. The van der Waals surface area contributed by atoms with E-state index in [0.29, 0.717) is 5.75 Å². The maximum atomic E-state index is 9.26. The molecule has 0 spiro atoms. The molecular weight excluding hydrogens is 282 g/mol. The summed E-state index contributed by atoms with van der Waals surface area (Å²) < 4.78 is 2.18.